The molecule has 2 nitrogen and oxygen atoms in total. The lowest BCUT2D eigenvalue weighted by molar-refractivity contribution is 0.176. The first-order valence-corrected chi connectivity index (χ1v) is 7.18. The summed E-state index contributed by atoms with van der Waals surface area (Å²) in [6.07, 6.45) is 3.73. The van der Waals surface area contributed by atoms with E-state index in [1.54, 1.807) is 0 Å². The molecule has 2 heteroatoms. The van der Waals surface area contributed by atoms with Crippen LogP contribution in [0.15, 0.2) is 18.2 Å². The van der Waals surface area contributed by atoms with Crippen molar-refractivity contribution in [2.75, 3.05) is 12.3 Å². The van der Waals surface area contributed by atoms with Crippen molar-refractivity contribution >= 4 is 5.69 Å². The van der Waals surface area contributed by atoms with Crippen molar-refractivity contribution in [2.45, 2.75) is 52.6 Å². The summed E-state index contributed by atoms with van der Waals surface area (Å²) in [6.45, 7) is 9.19. The Morgan fingerprint density at radius 2 is 2.00 bits per heavy atom. The zero-order valence-corrected chi connectivity index (χ0v) is 11.9. The van der Waals surface area contributed by atoms with Crippen LogP contribution >= 0.6 is 0 Å². The van der Waals surface area contributed by atoms with Crippen LogP contribution in [0, 0.1) is 5.92 Å². The monoisotopic (exact) mass is 246 g/mol. The number of hydrogen-bond acceptors (Lipinski definition) is 2. The van der Waals surface area contributed by atoms with Crippen molar-refractivity contribution in [1.82, 2.24) is 4.90 Å². The molecule has 2 rings (SSSR count). The van der Waals surface area contributed by atoms with Crippen LogP contribution in [-0.2, 0) is 13.0 Å². The highest BCUT2D eigenvalue weighted by Gasteiger charge is 2.21. The predicted octanol–water partition coefficient (Wildman–Crippen LogP) is 3.45. The smallest absolute Gasteiger partial charge is 0.0350 e. The van der Waals surface area contributed by atoms with Crippen molar-refractivity contribution < 1.29 is 0 Å². The molecule has 1 aromatic rings. The zero-order valence-electron chi connectivity index (χ0n) is 11.9. The van der Waals surface area contributed by atoms with Crippen LogP contribution in [0.5, 0.6) is 0 Å². The Labute approximate surface area is 111 Å². The van der Waals surface area contributed by atoms with Gasteiger partial charge < -0.3 is 5.73 Å². The molecule has 1 atom stereocenters. The van der Waals surface area contributed by atoms with Gasteiger partial charge in [-0.1, -0.05) is 26.0 Å². The Kier molecular flexibility index (Phi) is 4.28. The molecule has 0 fully saturated rings. The molecule has 0 spiro atoms. The number of nitrogens with zero attached hydrogens (tertiary/aromatic N) is 1. The Morgan fingerprint density at radius 1 is 1.22 bits per heavy atom. The normalized spacial score (nSPS) is 17.8. The van der Waals surface area contributed by atoms with Gasteiger partial charge in [-0.05, 0) is 49.3 Å². The average Bonchev–Trinajstić information content (AvgIpc) is 2.35. The van der Waals surface area contributed by atoms with Gasteiger partial charge >= 0.3 is 0 Å². The summed E-state index contributed by atoms with van der Waals surface area (Å²) in [5.74, 6) is 0.806. The fraction of sp³-hybridized carbons (Fsp3) is 0.625. The Bertz CT molecular complexity index is 398. The standard InChI is InChI=1S/C16H26N2/c1-12(2)7-8-13(3)18-10-9-15-14(11-18)5-4-6-16(15)17/h4-6,12-13H,7-11,17H2,1-3H3. The molecule has 100 valence electrons. The van der Waals surface area contributed by atoms with Crippen molar-refractivity contribution in [2.24, 2.45) is 5.92 Å². The summed E-state index contributed by atoms with van der Waals surface area (Å²) in [5, 5.41) is 0. The third kappa shape index (κ3) is 3.05. The molecule has 2 N–H and O–H groups in total. The minimum Gasteiger partial charge on any atom is -0.398 e. The van der Waals surface area contributed by atoms with Crippen LogP contribution in [0.1, 0.15) is 44.7 Å². The van der Waals surface area contributed by atoms with Gasteiger partial charge in [0.05, 0.1) is 0 Å². The number of nitrogens with two attached hydrogens (primary N) is 1. The molecule has 0 aliphatic carbocycles. The molecule has 0 amide bonds. The molecule has 1 aliphatic heterocycles. The molecule has 1 unspecified atom stereocenters. The highest BCUT2D eigenvalue weighted by Crippen LogP contribution is 2.26. The molecular formula is C16H26N2. The van der Waals surface area contributed by atoms with Gasteiger partial charge in [0.15, 0.2) is 0 Å². The molecule has 1 aliphatic rings. The van der Waals surface area contributed by atoms with E-state index in [0.717, 1.165) is 31.1 Å². The zero-order chi connectivity index (χ0) is 13.1. The van der Waals surface area contributed by atoms with E-state index in [0.29, 0.717) is 6.04 Å². The first-order valence-electron chi connectivity index (χ1n) is 7.18. The highest BCUT2D eigenvalue weighted by atomic mass is 15.2. The van der Waals surface area contributed by atoms with E-state index in [4.69, 9.17) is 5.73 Å². The van der Waals surface area contributed by atoms with Crippen LogP contribution in [0.4, 0.5) is 5.69 Å². The van der Waals surface area contributed by atoms with E-state index < -0.39 is 0 Å². The summed E-state index contributed by atoms with van der Waals surface area (Å²) in [4.78, 5) is 2.60. The number of benzene rings is 1. The van der Waals surface area contributed by atoms with Crippen LogP contribution in [0.25, 0.3) is 0 Å². The van der Waals surface area contributed by atoms with Gasteiger partial charge in [0.25, 0.3) is 0 Å². The van der Waals surface area contributed by atoms with Gasteiger partial charge in [-0.15, -0.1) is 0 Å². The third-order valence-electron chi connectivity index (χ3n) is 4.12. The fourth-order valence-corrected chi connectivity index (χ4v) is 2.79. The van der Waals surface area contributed by atoms with E-state index in [-0.39, 0.29) is 0 Å². The Morgan fingerprint density at radius 3 is 2.72 bits per heavy atom. The molecule has 1 heterocycles. The van der Waals surface area contributed by atoms with Crippen molar-refractivity contribution in [1.29, 1.82) is 0 Å². The van der Waals surface area contributed by atoms with Crippen LogP contribution in [0.3, 0.4) is 0 Å². The second-order valence-corrected chi connectivity index (χ2v) is 6.03. The summed E-state index contributed by atoms with van der Waals surface area (Å²) in [7, 11) is 0. The number of nitrogen functional groups attached to an aromatic ring is 1. The van der Waals surface area contributed by atoms with E-state index in [2.05, 4.69) is 37.8 Å². The maximum Gasteiger partial charge on any atom is 0.0350 e. The SMILES string of the molecule is CC(C)CCC(C)N1CCc2c(N)cccc2C1. The third-order valence-corrected chi connectivity index (χ3v) is 4.12. The molecule has 0 radical (unpaired) electrons. The lowest BCUT2D eigenvalue weighted by atomic mass is 9.95. The second-order valence-electron chi connectivity index (χ2n) is 6.03. The van der Waals surface area contributed by atoms with Gasteiger partial charge in [-0.25, -0.2) is 0 Å². The quantitative estimate of drug-likeness (QED) is 0.824. The number of hydrogen-bond donors (Lipinski definition) is 1. The lowest BCUT2D eigenvalue weighted by Crippen LogP contribution is -2.38. The Balaban J connectivity index is 1.99. The van der Waals surface area contributed by atoms with Gasteiger partial charge in [-0.3, -0.25) is 4.90 Å². The van der Waals surface area contributed by atoms with Gasteiger partial charge in [0.1, 0.15) is 0 Å². The summed E-state index contributed by atoms with van der Waals surface area (Å²) in [6, 6.07) is 7.02. The Hall–Kier alpha value is -1.02. The van der Waals surface area contributed by atoms with Crippen LogP contribution in [0.2, 0.25) is 0 Å². The van der Waals surface area contributed by atoms with Crippen molar-refractivity contribution in [3.8, 4) is 0 Å². The van der Waals surface area contributed by atoms with E-state index in [9.17, 15) is 0 Å². The van der Waals surface area contributed by atoms with Crippen LogP contribution in [-0.4, -0.2) is 17.5 Å². The maximum atomic E-state index is 6.04. The van der Waals surface area contributed by atoms with Gasteiger partial charge in [0, 0.05) is 24.8 Å². The minimum atomic E-state index is 0.682. The van der Waals surface area contributed by atoms with E-state index in [1.165, 1.54) is 24.0 Å². The van der Waals surface area contributed by atoms with Crippen LogP contribution < -0.4 is 5.73 Å². The number of rotatable bonds is 4. The van der Waals surface area contributed by atoms with Crippen molar-refractivity contribution in [3.63, 3.8) is 0 Å². The van der Waals surface area contributed by atoms with E-state index in [1.807, 2.05) is 6.07 Å². The predicted molar refractivity (Wildman–Crippen MR) is 78.5 cm³/mol. The number of anilines is 1. The molecule has 0 aromatic heterocycles. The molecule has 0 bridgehead atoms. The first-order chi connectivity index (χ1) is 8.58. The molecule has 18 heavy (non-hydrogen) atoms. The van der Waals surface area contributed by atoms with Gasteiger partial charge in [-0.2, -0.15) is 0 Å². The molecule has 0 saturated carbocycles. The maximum absolute atomic E-state index is 6.04. The first kappa shape index (κ1) is 13.4. The van der Waals surface area contributed by atoms with Crippen molar-refractivity contribution in [3.05, 3.63) is 29.3 Å². The fourth-order valence-electron chi connectivity index (χ4n) is 2.79. The van der Waals surface area contributed by atoms with Gasteiger partial charge in [0.2, 0.25) is 0 Å². The molecular weight excluding hydrogens is 220 g/mol. The summed E-state index contributed by atoms with van der Waals surface area (Å²) in [5.41, 5.74) is 9.82. The average molecular weight is 246 g/mol. The summed E-state index contributed by atoms with van der Waals surface area (Å²) < 4.78 is 0. The minimum absolute atomic E-state index is 0.682. The lowest BCUT2D eigenvalue weighted by Gasteiger charge is -2.34. The molecule has 1 aromatic carbocycles. The topological polar surface area (TPSA) is 29.3 Å². The largest absolute Gasteiger partial charge is 0.398 e. The van der Waals surface area contributed by atoms with E-state index >= 15 is 0 Å². The molecule has 0 saturated heterocycles. The summed E-state index contributed by atoms with van der Waals surface area (Å²) >= 11 is 0. The number of fused-ring (bicyclic) bond motifs is 1. The second kappa shape index (κ2) is 5.75. The highest BCUT2D eigenvalue weighted by molar-refractivity contribution is 5.51.